The Kier molecular flexibility index (Phi) is 42.2. The molecule has 78 heavy (non-hydrogen) atoms. The number of nitrogens with one attached hydrogen (secondary N) is 3. The van der Waals surface area contributed by atoms with Gasteiger partial charge in [-0.3, -0.25) is 28.8 Å². The number of carboxylic acids is 2. The number of carboxylic acid groups (broad SMARTS) is 2. The van der Waals surface area contributed by atoms with Gasteiger partial charge in [0, 0.05) is 0 Å². The normalized spacial score (nSPS) is 13.4. The van der Waals surface area contributed by atoms with E-state index in [1.54, 1.807) is 87.4 Å². The van der Waals surface area contributed by atoms with Crippen LogP contribution >= 0.6 is 0 Å². The second-order valence-corrected chi connectivity index (χ2v) is 22.3. The van der Waals surface area contributed by atoms with Crippen LogP contribution in [0.1, 0.15) is 132 Å². The van der Waals surface area contributed by atoms with Gasteiger partial charge in [-0.2, -0.15) is 21.0 Å². The van der Waals surface area contributed by atoms with E-state index in [-0.39, 0.29) is 33.9 Å². The number of benzene rings is 1. The summed E-state index contributed by atoms with van der Waals surface area (Å²) in [6.07, 6.45) is 0. The van der Waals surface area contributed by atoms with Crippen LogP contribution in [-0.2, 0) is 62.1 Å². The molecule has 7 N–H and O–H groups in total. The first-order chi connectivity index (χ1) is 35.0. The van der Waals surface area contributed by atoms with E-state index in [4.69, 9.17) is 51.2 Å². The zero-order chi connectivity index (χ0) is 61.8. The first-order valence-corrected chi connectivity index (χ1v) is 25.1. The number of nitrogens with two attached hydrogens (primary N) is 1. The maximum absolute atomic E-state index is 12.5. The second kappa shape index (κ2) is 40.4. The molecule has 3 amide bonds. The molecule has 25 heteroatoms. The summed E-state index contributed by atoms with van der Waals surface area (Å²) in [5, 5.41) is 65.6. The van der Waals surface area contributed by atoms with Gasteiger partial charge in [0.15, 0.2) is 0 Å². The van der Waals surface area contributed by atoms with E-state index in [9.17, 15) is 48.4 Å². The standard InChI is InChI=1S/C17H22N2O3Se.C11H18N2O3.C7H8N2O3.C7H15NO2.C6H9NO2.C4H5NO2.CH4/c1-12(14(20)22-16(2,3)4)19-15(21)17(5,11-18)23-13-9-7-6-8-10-13;1-7(6-12)9(14)13-8(2)10(15)16-11(3,4)5;1-4(3-8)6(10)9-5(2)7(11)12;1-5(8)6(9)10-7(2,3)4;1-3-9-6(8)5(2)4-7;1-3(2-5)4(6)7;/h6-10,12H,1-5H3,(H,19,21);7-8H,1-5H3,(H,13,14);5H,1H2,2H3,(H,9,10)(H,11,12);5H,8H2,1-4H3;5H,3H2,1-2H3;3H,1H3,(H,6,7);1H4. The van der Waals surface area contributed by atoms with Gasteiger partial charge >= 0.3 is 173 Å². The van der Waals surface area contributed by atoms with Gasteiger partial charge in [-0.15, -0.1) is 0 Å². The quantitative estimate of drug-likeness (QED) is 0.0464. The summed E-state index contributed by atoms with van der Waals surface area (Å²) in [6.45, 7) is 33.0. The molecule has 1 aromatic carbocycles. The van der Waals surface area contributed by atoms with Gasteiger partial charge in [0.05, 0.1) is 24.8 Å². The summed E-state index contributed by atoms with van der Waals surface area (Å²) in [5.74, 6) is -8.02. The molecule has 24 nitrogen and oxygen atoms in total. The zero-order valence-corrected chi connectivity index (χ0v) is 49.0. The van der Waals surface area contributed by atoms with E-state index in [1.807, 2.05) is 51.1 Å². The largest absolute Gasteiger partial charge is 0.465 e. The number of carbonyl (C=O) groups is 9. The molecule has 0 aromatic heterocycles. The molecule has 0 aliphatic carbocycles. The number of hydrogen-bond acceptors (Lipinski definition) is 19. The molecule has 0 fully saturated rings. The van der Waals surface area contributed by atoms with Crippen LogP contribution in [0.25, 0.3) is 0 Å². The van der Waals surface area contributed by atoms with Crippen molar-refractivity contribution in [1.29, 1.82) is 26.3 Å². The molecule has 8 unspecified atom stereocenters. The van der Waals surface area contributed by atoms with Crippen LogP contribution < -0.4 is 26.1 Å². The number of nitrogens with zero attached hydrogens (tertiary/aromatic N) is 5. The van der Waals surface area contributed by atoms with E-state index in [0.717, 1.165) is 4.46 Å². The van der Waals surface area contributed by atoms with E-state index >= 15 is 0 Å². The molecule has 8 atom stereocenters. The fraction of sp³-hybridized carbons (Fsp3) is 0.585. The fourth-order valence-electron chi connectivity index (χ4n) is 3.64. The first kappa shape index (κ1) is 81.5. The van der Waals surface area contributed by atoms with Gasteiger partial charge in [0.2, 0.25) is 5.91 Å². The minimum Gasteiger partial charge on any atom is -0.465 e. The van der Waals surface area contributed by atoms with Gasteiger partial charge in [0.1, 0.15) is 58.7 Å². The Morgan fingerprint density at radius 1 is 0.603 bits per heavy atom. The van der Waals surface area contributed by atoms with Crippen LogP contribution in [-0.4, -0.2) is 126 Å². The molecule has 0 saturated carbocycles. The molecule has 434 valence electrons. The molecule has 0 aliphatic heterocycles. The van der Waals surface area contributed by atoms with Crippen LogP contribution in [0, 0.1) is 74.4 Å². The average Bonchev–Trinajstić information content (AvgIpc) is 3.32. The monoisotopic (exact) mass is 1160 g/mol. The molecule has 0 spiro atoms. The van der Waals surface area contributed by atoms with E-state index in [1.165, 1.54) is 40.7 Å². The Balaban J connectivity index is -0.000000209. The summed E-state index contributed by atoms with van der Waals surface area (Å²) in [6, 6.07) is 15.0. The minimum atomic E-state index is -1.19. The summed E-state index contributed by atoms with van der Waals surface area (Å²) >= 11 is -0.374. The minimum absolute atomic E-state index is 0. The summed E-state index contributed by atoms with van der Waals surface area (Å²) < 4.78 is 19.5. The maximum atomic E-state index is 12.5. The topological polar surface area (TPSA) is 412 Å². The van der Waals surface area contributed by atoms with E-state index < -0.39 is 111 Å². The SMILES string of the molecule is C.C=C(C#N)C(=O)NC(C)C(=O)O.CC(C#N)C(=O)NC(C)C(=O)OC(C)(C)C.CC(C#N)C(=O)O.CC(N)C(=O)OC(C)(C)C.CC(NC(=O)C(C)(C#N)[Se]c1ccccc1)C(=O)OC(C)(C)C.CCOC(=O)C(C)C#N. The molecular formula is C53H81N9O15Se. The van der Waals surface area contributed by atoms with Crippen LogP contribution in [0.3, 0.4) is 0 Å². The van der Waals surface area contributed by atoms with Crippen molar-refractivity contribution in [3.05, 3.63) is 42.5 Å². The molecule has 1 aromatic rings. The Hall–Kier alpha value is -7.88. The van der Waals surface area contributed by atoms with Gasteiger partial charge in [-0.25, -0.2) is 4.79 Å². The number of rotatable bonds is 15. The molecule has 0 aliphatic rings. The van der Waals surface area contributed by atoms with Crippen molar-refractivity contribution < 1.29 is 72.3 Å². The predicted molar refractivity (Wildman–Crippen MR) is 288 cm³/mol. The third kappa shape index (κ3) is 43.4. The molecule has 1 rings (SSSR count). The number of aliphatic carboxylic acids is 2. The van der Waals surface area contributed by atoms with Crippen molar-refractivity contribution in [2.75, 3.05) is 6.61 Å². The number of hydrogen-bond donors (Lipinski definition) is 6. The van der Waals surface area contributed by atoms with Crippen molar-refractivity contribution in [2.24, 2.45) is 23.5 Å². The summed E-state index contributed by atoms with van der Waals surface area (Å²) in [5.41, 5.74) is 3.33. The molecule has 0 heterocycles. The summed E-state index contributed by atoms with van der Waals surface area (Å²) in [4.78, 5) is 99.3. The smallest absolute Gasteiger partial charge is 0.323 e. The van der Waals surface area contributed by atoms with Crippen LogP contribution in [0.2, 0.25) is 4.31 Å². The second-order valence-electron chi connectivity index (χ2n) is 19.1. The van der Waals surface area contributed by atoms with Crippen molar-refractivity contribution in [3.8, 4) is 30.3 Å². The maximum Gasteiger partial charge on any atom is 0.323 e. The molecular weight excluding hydrogens is 1080 g/mol. The number of amides is 3. The predicted octanol–water partition coefficient (Wildman–Crippen LogP) is 4.46. The Bertz CT molecular complexity index is 2340. The van der Waals surface area contributed by atoms with E-state index in [0.29, 0.717) is 6.61 Å². The van der Waals surface area contributed by atoms with Gasteiger partial charge in [-0.05, 0) is 90.0 Å². The summed E-state index contributed by atoms with van der Waals surface area (Å²) in [7, 11) is 0. The van der Waals surface area contributed by atoms with Crippen molar-refractivity contribution >= 4 is 73.0 Å². The van der Waals surface area contributed by atoms with Crippen molar-refractivity contribution in [2.45, 2.75) is 177 Å². The Labute approximate surface area is 466 Å². The third-order valence-electron chi connectivity index (χ3n) is 7.83. The Morgan fingerprint density at radius 3 is 1.29 bits per heavy atom. The number of carbonyl (C=O) groups excluding carboxylic acids is 7. The first-order valence-electron chi connectivity index (χ1n) is 23.4. The molecule has 0 saturated heterocycles. The third-order valence-corrected chi connectivity index (χ3v) is 10.3. The fourth-order valence-corrected chi connectivity index (χ4v) is 5.66. The van der Waals surface area contributed by atoms with Crippen molar-refractivity contribution in [1.82, 2.24) is 16.0 Å². The van der Waals surface area contributed by atoms with Crippen LogP contribution in [0.4, 0.5) is 0 Å². The van der Waals surface area contributed by atoms with Gasteiger partial charge < -0.3 is 40.8 Å². The number of ether oxygens (including phenoxy) is 4. The average molecular weight is 1160 g/mol. The molecule has 0 bridgehead atoms. The van der Waals surface area contributed by atoms with Gasteiger partial charge in [0.25, 0.3) is 5.91 Å². The zero-order valence-electron chi connectivity index (χ0n) is 47.3. The number of nitriles is 5. The Morgan fingerprint density at radius 2 is 1.00 bits per heavy atom. The van der Waals surface area contributed by atoms with Crippen LogP contribution in [0.5, 0.6) is 0 Å². The molecule has 0 radical (unpaired) electrons. The van der Waals surface area contributed by atoms with Gasteiger partial charge in [-0.1, -0.05) is 14.0 Å². The number of esters is 4. The van der Waals surface area contributed by atoms with E-state index in [2.05, 4.69) is 33.3 Å². The van der Waals surface area contributed by atoms with Crippen molar-refractivity contribution in [3.63, 3.8) is 0 Å². The van der Waals surface area contributed by atoms with Crippen LogP contribution in [0.15, 0.2) is 42.5 Å².